The minimum Gasteiger partial charge on any atom is -0.478 e. The van der Waals surface area contributed by atoms with Gasteiger partial charge in [-0.3, -0.25) is 4.90 Å². The molecule has 0 bridgehead atoms. The second-order valence-corrected chi connectivity index (χ2v) is 6.82. The van der Waals surface area contributed by atoms with Crippen LogP contribution in [0, 0.1) is 0 Å². The second-order valence-electron chi connectivity index (χ2n) is 6.82. The van der Waals surface area contributed by atoms with Crippen molar-refractivity contribution in [2.24, 2.45) is 0 Å². The first-order valence-corrected chi connectivity index (χ1v) is 9.05. The van der Waals surface area contributed by atoms with E-state index in [0.717, 1.165) is 43.7 Å². The zero-order valence-electron chi connectivity index (χ0n) is 14.9. The Bertz CT molecular complexity index is 925. The molecule has 0 spiro atoms. The van der Waals surface area contributed by atoms with Gasteiger partial charge in [0.05, 0.1) is 17.4 Å². The Hall–Kier alpha value is -3.06. The molecule has 4 rings (SSSR count). The van der Waals surface area contributed by atoms with Gasteiger partial charge in [-0.25, -0.2) is 19.4 Å². The molecule has 0 unspecified atom stereocenters. The Morgan fingerprint density at radius 2 is 2.15 bits per heavy atom. The first-order chi connectivity index (χ1) is 13.2. The molecule has 1 atom stereocenters. The van der Waals surface area contributed by atoms with Crippen LogP contribution in [0.25, 0.3) is 5.69 Å². The first kappa shape index (κ1) is 17.4. The van der Waals surface area contributed by atoms with Crippen LogP contribution in [0.4, 0.5) is 0 Å². The highest BCUT2D eigenvalue weighted by Crippen LogP contribution is 2.26. The number of hydrogen-bond acceptors (Lipinski definition) is 5. The molecule has 0 radical (unpaired) electrons. The largest absolute Gasteiger partial charge is 0.478 e. The number of rotatable bonds is 5. The minimum absolute atomic E-state index is 0.244. The Morgan fingerprint density at radius 1 is 1.26 bits per heavy atom. The van der Waals surface area contributed by atoms with Gasteiger partial charge in [0, 0.05) is 42.7 Å². The lowest BCUT2D eigenvalue weighted by atomic mass is 9.94. The summed E-state index contributed by atoms with van der Waals surface area (Å²) in [7, 11) is 0. The van der Waals surface area contributed by atoms with Crippen LogP contribution in [-0.2, 0) is 6.54 Å². The zero-order valence-corrected chi connectivity index (χ0v) is 14.9. The molecule has 1 aliphatic heterocycles. The fourth-order valence-electron chi connectivity index (χ4n) is 3.67. The normalized spacial score (nSPS) is 17.7. The van der Waals surface area contributed by atoms with E-state index in [0.29, 0.717) is 11.6 Å². The van der Waals surface area contributed by atoms with E-state index < -0.39 is 5.97 Å². The SMILES string of the molecule is O=C(O)c1ccccc1-n1cc(CN2CCC[C@@H](c3ccncn3)C2)cn1. The van der Waals surface area contributed by atoms with E-state index in [1.165, 1.54) is 0 Å². The third kappa shape index (κ3) is 3.88. The molecular weight excluding hydrogens is 342 g/mol. The van der Waals surface area contributed by atoms with Crippen LogP contribution >= 0.6 is 0 Å². The molecule has 1 fully saturated rings. The number of benzene rings is 1. The van der Waals surface area contributed by atoms with E-state index in [2.05, 4.69) is 20.0 Å². The van der Waals surface area contributed by atoms with Crippen LogP contribution in [0.15, 0.2) is 55.2 Å². The molecule has 1 N–H and O–H groups in total. The van der Waals surface area contributed by atoms with Gasteiger partial charge in [-0.1, -0.05) is 12.1 Å². The van der Waals surface area contributed by atoms with Gasteiger partial charge in [-0.05, 0) is 37.6 Å². The Morgan fingerprint density at radius 3 is 2.96 bits per heavy atom. The van der Waals surface area contributed by atoms with Gasteiger partial charge in [0.1, 0.15) is 6.33 Å². The van der Waals surface area contributed by atoms with E-state index in [1.807, 2.05) is 24.5 Å². The van der Waals surface area contributed by atoms with Crippen molar-refractivity contribution in [2.45, 2.75) is 25.3 Å². The summed E-state index contributed by atoms with van der Waals surface area (Å²) in [6, 6.07) is 8.90. The number of hydrogen-bond donors (Lipinski definition) is 1. The second kappa shape index (κ2) is 7.67. The van der Waals surface area contributed by atoms with Crippen LogP contribution in [0.2, 0.25) is 0 Å². The lowest BCUT2D eigenvalue weighted by Gasteiger charge is -2.32. The summed E-state index contributed by atoms with van der Waals surface area (Å²) in [4.78, 5) is 22.2. The van der Waals surface area contributed by atoms with Crippen molar-refractivity contribution in [3.63, 3.8) is 0 Å². The molecule has 7 heteroatoms. The fraction of sp³-hybridized carbons (Fsp3) is 0.300. The van der Waals surface area contributed by atoms with Gasteiger partial charge in [0.15, 0.2) is 0 Å². The van der Waals surface area contributed by atoms with Gasteiger partial charge in [-0.15, -0.1) is 0 Å². The summed E-state index contributed by atoms with van der Waals surface area (Å²) in [6.07, 6.45) is 9.40. The number of carboxylic acids is 1. The Labute approximate surface area is 157 Å². The van der Waals surface area contributed by atoms with Crippen LogP contribution in [0.5, 0.6) is 0 Å². The molecule has 27 heavy (non-hydrogen) atoms. The lowest BCUT2D eigenvalue weighted by molar-refractivity contribution is 0.0696. The van der Waals surface area contributed by atoms with E-state index in [1.54, 1.807) is 35.4 Å². The maximum Gasteiger partial charge on any atom is 0.337 e. The quantitative estimate of drug-likeness (QED) is 0.750. The molecule has 3 aromatic rings. The molecule has 0 aliphatic carbocycles. The van der Waals surface area contributed by atoms with Gasteiger partial charge in [0.2, 0.25) is 0 Å². The van der Waals surface area contributed by atoms with Gasteiger partial charge in [-0.2, -0.15) is 5.10 Å². The Kier molecular flexibility index (Phi) is 4.93. The van der Waals surface area contributed by atoms with Gasteiger partial charge < -0.3 is 5.11 Å². The molecule has 7 nitrogen and oxygen atoms in total. The number of carboxylic acid groups (broad SMARTS) is 1. The highest BCUT2D eigenvalue weighted by Gasteiger charge is 2.22. The molecule has 2 aromatic heterocycles. The zero-order chi connectivity index (χ0) is 18.6. The molecule has 0 saturated carbocycles. The van der Waals surface area contributed by atoms with Gasteiger partial charge >= 0.3 is 5.97 Å². The minimum atomic E-state index is -0.952. The van der Waals surface area contributed by atoms with Gasteiger partial charge in [0.25, 0.3) is 0 Å². The molecule has 138 valence electrons. The van der Waals surface area contributed by atoms with Crippen LogP contribution in [0.1, 0.15) is 40.4 Å². The monoisotopic (exact) mass is 363 g/mol. The van der Waals surface area contributed by atoms with Crippen molar-refractivity contribution in [3.05, 3.63) is 72.1 Å². The fourth-order valence-corrected chi connectivity index (χ4v) is 3.67. The van der Waals surface area contributed by atoms with E-state index in [4.69, 9.17) is 0 Å². The highest BCUT2D eigenvalue weighted by molar-refractivity contribution is 5.91. The van der Waals surface area contributed by atoms with Crippen molar-refractivity contribution >= 4 is 5.97 Å². The van der Waals surface area contributed by atoms with Crippen LogP contribution in [0.3, 0.4) is 0 Å². The summed E-state index contributed by atoms with van der Waals surface area (Å²) in [5, 5.41) is 13.8. The van der Waals surface area contributed by atoms with Crippen molar-refractivity contribution in [1.82, 2.24) is 24.6 Å². The predicted octanol–water partition coefficient (Wildman–Crippen LogP) is 2.74. The van der Waals surface area contributed by atoms with Crippen molar-refractivity contribution in [1.29, 1.82) is 0 Å². The standard InChI is InChI=1S/C20H21N5O2/c26-20(27)17-5-1-2-6-19(17)25-12-15(10-23-25)11-24-9-3-4-16(13-24)18-7-8-21-14-22-18/h1-2,5-8,10,12,14,16H,3-4,9,11,13H2,(H,26,27)/t16-/m1/s1. The summed E-state index contributed by atoms with van der Waals surface area (Å²) in [5.41, 5.74) is 2.99. The number of aromatic carboxylic acids is 1. The number of aromatic nitrogens is 4. The third-order valence-electron chi connectivity index (χ3n) is 4.95. The highest BCUT2D eigenvalue weighted by atomic mass is 16.4. The third-order valence-corrected chi connectivity index (χ3v) is 4.95. The molecule has 3 heterocycles. The van der Waals surface area contributed by atoms with Crippen LogP contribution < -0.4 is 0 Å². The maximum atomic E-state index is 11.4. The summed E-state index contributed by atoms with van der Waals surface area (Å²) in [6.45, 7) is 2.78. The van der Waals surface area contributed by atoms with Crippen molar-refractivity contribution < 1.29 is 9.90 Å². The average Bonchev–Trinajstić information content (AvgIpc) is 3.17. The number of piperidine rings is 1. The smallest absolute Gasteiger partial charge is 0.337 e. The van der Waals surface area contributed by atoms with E-state index >= 15 is 0 Å². The molecule has 1 aromatic carbocycles. The van der Waals surface area contributed by atoms with Crippen molar-refractivity contribution in [3.8, 4) is 5.69 Å². The Balaban J connectivity index is 1.48. The maximum absolute atomic E-state index is 11.4. The van der Waals surface area contributed by atoms with Crippen molar-refractivity contribution in [2.75, 3.05) is 13.1 Å². The van der Waals surface area contributed by atoms with E-state index in [-0.39, 0.29) is 5.56 Å². The number of para-hydroxylation sites is 1. The van der Waals surface area contributed by atoms with Crippen LogP contribution in [-0.4, -0.2) is 48.8 Å². The molecule has 1 saturated heterocycles. The molecule has 0 amide bonds. The predicted molar refractivity (Wildman–Crippen MR) is 99.8 cm³/mol. The molecular formula is C20H21N5O2. The summed E-state index contributed by atoms with van der Waals surface area (Å²) < 4.78 is 1.64. The van der Waals surface area contributed by atoms with E-state index in [9.17, 15) is 9.90 Å². The number of likely N-dealkylation sites (tertiary alicyclic amines) is 1. The topological polar surface area (TPSA) is 84.1 Å². The summed E-state index contributed by atoms with van der Waals surface area (Å²) >= 11 is 0. The average molecular weight is 363 g/mol. The molecule has 1 aliphatic rings. The first-order valence-electron chi connectivity index (χ1n) is 9.05. The number of carbonyl (C=O) groups is 1. The summed E-state index contributed by atoms with van der Waals surface area (Å²) in [5.74, 6) is -0.532. The number of nitrogens with zero attached hydrogens (tertiary/aromatic N) is 5. The lowest BCUT2D eigenvalue weighted by Crippen LogP contribution is -2.34.